The highest BCUT2D eigenvalue weighted by Gasteiger charge is 2.42. The second-order valence-electron chi connectivity index (χ2n) is 8.61. The lowest BCUT2D eigenvalue weighted by atomic mass is 9.77. The van der Waals surface area contributed by atoms with Gasteiger partial charge in [0, 0.05) is 18.8 Å². The second-order valence-corrected chi connectivity index (χ2v) is 10.5. The third-order valence-electron chi connectivity index (χ3n) is 6.50. The SMILES string of the molecule is Cc1cccc(C2(C(=O)Nc3ccc(C)c(S(=O)(=O)N4CCOCC4)c3)CCCC2)c1. The molecule has 1 heterocycles. The first-order chi connectivity index (χ1) is 14.8. The van der Waals surface area contributed by atoms with Crippen LogP contribution in [0.25, 0.3) is 0 Å². The first-order valence-electron chi connectivity index (χ1n) is 10.9. The zero-order valence-corrected chi connectivity index (χ0v) is 19.0. The predicted molar refractivity (Wildman–Crippen MR) is 121 cm³/mol. The van der Waals surface area contributed by atoms with Crippen molar-refractivity contribution < 1.29 is 17.9 Å². The Morgan fingerprint density at radius 1 is 1.03 bits per heavy atom. The van der Waals surface area contributed by atoms with Crippen LogP contribution in [0.2, 0.25) is 0 Å². The summed E-state index contributed by atoms with van der Waals surface area (Å²) in [4.78, 5) is 13.7. The summed E-state index contributed by atoms with van der Waals surface area (Å²) in [7, 11) is -3.64. The van der Waals surface area contributed by atoms with E-state index in [0.29, 0.717) is 37.6 Å². The molecule has 2 aromatic rings. The number of amides is 1. The number of morpholine rings is 1. The molecule has 0 atom stereocenters. The number of nitrogens with zero attached hydrogens (tertiary/aromatic N) is 1. The second kappa shape index (κ2) is 8.73. The van der Waals surface area contributed by atoms with Gasteiger partial charge in [-0.1, -0.05) is 48.7 Å². The van der Waals surface area contributed by atoms with Crippen molar-refractivity contribution in [3.05, 3.63) is 59.2 Å². The molecule has 0 spiro atoms. The molecule has 7 heteroatoms. The molecule has 166 valence electrons. The van der Waals surface area contributed by atoms with Gasteiger partial charge in [-0.2, -0.15) is 4.31 Å². The summed E-state index contributed by atoms with van der Waals surface area (Å²) in [6.45, 7) is 5.29. The smallest absolute Gasteiger partial charge is 0.243 e. The molecule has 6 nitrogen and oxygen atoms in total. The lowest BCUT2D eigenvalue weighted by molar-refractivity contribution is -0.121. The van der Waals surface area contributed by atoms with Gasteiger partial charge in [0.25, 0.3) is 0 Å². The largest absolute Gasteiger partial charge is 0.379 e. The normalized spacial score (nSPS) is 19.3. The van der Waals surface area contributed by atoms with Gasteiger partial charge in [-0.3, -0.25) is 4.79 Å². The van der Waals surface area contributed by atoms with Crippen molar-refractivity contribution in [3.8, 4) is 0 Å². The number of carbonyl (C=O) groups is 1. The van der Waals surface area contributed by atoms with Crippen LogP contribution < -0.4 is 5.32 Å². The van der Waals surface area contributed by atoms with E-state index in [4.69, 9.17) is 4.74 Å². The lowest BCUT2D eigenvalue weighted by Gasteiger charge is -2.29. The van der Waals surface area contributed by atoms with Gasteiger partial charge in [0.1, 0.15) is 0 Å². The third-order valence-corrected chi connectivity index (χ3v) is 8.54. The first kappa shape index (κ1) is 22.0. The highest BCUT2D eigenvalue weighted by atomic mass is 32.2. The van der Waals surface area contributed by atoms with Crippen LogP contribution in [0.15, 0.2) is 47.4 Å². The first-order valence-corrected chi connectivity index (χ1v) is 12.3. The molecule has 1 aliphatic carbocycles. The fraction of sp³-hybridized carbons (Fsp3) is 0.458. The number of hydrogen-bond acceptors (Lipinski definition) is 4. The van der Waals surface area contributed by atoms with Crippen LogP contribution in [0.1, 0.15) is 42.4 Å². The summed E-state index contributed by atoms with van der Waals surface area (Å²) in [6.07, 6.45) is 3.61. The molecule has 4 rings (SSSR count). The van der Waals surface area contributed by atoms with Crippen LogP contribution >= 0.6 is 0 Å². The third kappa shape index (κ3) is 4.27. The number of benzene rings is 2. The van der Waals surface area contributed by atoms with Gasteiger partial charge in [-0.15, -0.1) is 0 Å². The molecule has 1 N–H and O–H groups in total. The maximum atomic E-state index is 13.5. The Bertz CT molecular complexity index is 1070. The minimum Gasteiger partial charge on any atom is -0.379 e. The maximum absolute atomic E-state index is 13.5. The highest BCUT2D eigenvalue weighted by molar-refractivity contribution is 7.89. The average molecular weight is 443 g/mol. The molecular formula is C24H30N2O4S. The average Bonchev–Trinajstić information content (AvgIpc) is 3.27. The van der Waals surface area contributed by atoms with Crippen molar-refractivity contribution in [2.75, 3.05) is 31.6 Å². The molecule has 1 saturated carbocycles. The minimum atomic E-state index is -3.64. The Labute approximate surface area is 184 Å². The van der Waals surface area contributed by atoms with Crippen molar-refractivity contribution in [3.63, 3.8) is 0 Å². The number of nitrogens with one attached hydrogen (secondary N) is 1. The zero-order valence-electron chi connectivity index (χ0n) is 18.2. The Balaban J connectivity index is 1.63. The van der Waals surface area contributed by atoms with Crippen LogP contribution in [0.5, 0.6) is 0 Å². The Morgan fingerprint density at radius 2 is 1.74 bits per heavy atom. The van der Waals surface area contributed by atoms with E-state index in [2.05, 4.69) is 11.4 Å². The molecule has 2 aliphatic rings. The van der Waals surface area contributed by atoms with Crippen molar-refractivity contribution >= 4 is 21.6 Å². The number of anilines is 1. The van der Waals surface area contributed by atoms with Crippen LogP contribution in [0, 0.1) is 13.8 Å². The number of ether oxygens (including phenoxy) is 1. The van der Waals surface area contributed by atoms with E-state index in [1.54, 1.807) is 25.1 Å². The van der Waals surface area contributed by atoms with Gasteiger partial charge in [-0.25, -0.2) is 8.42 Å². The number of rotatable bonds is 5. The van der Waals surface area contributed by atoms with Gasteiger partial charge in [-0.05, 0) is 49.9 Å². The van der Waals surface area contributed by atoms with E-state index >= 15 is 0 Å². The van der Waals surface area contributed by atoms with Crippen LogP contribution in [-0.2, 0) is 25.0 Å². The van der Waals surface area contributed by atoms with Gasteiger partial charge >= 0.3 is 0 Å². The molecule has 2 fully saturated rings. The van der Waals surface area contributed by atoms with Crippen molar-refractivity contribution in [1.29, 1.82) is 0 Å². The number of sulfonamides is 1. The molecule has 0 radical (unpaired) electrons. The van der Waals surface area contributed by atoms with E-state index in [1.807, 2.05) is 25.1 Å². The standard InChI is InChI=1S/C24H30N2O4S/c1-18-6-5-7-20(16-18)24(10-3-4-11-24)23(27)25-21-9-8-19(2)22(17-21)31(28,29)26-12-14-30-15-13-26/h5-9,16-17H,3-4,10-15H2,1-2H3,(H,25,27). The molecule has 31 heavy (non-hydrogen) atoms. The topological polar surface area (TPSA) is 75.7 Å². The molecule has 0 unspecified atom stereocenters. The summed E-state index contributed by atoms with van der Waals surface area (Å²) in [5.41, 5.74) is 2.78. The predicted octanol–water partition coefficient (Wildman–Crippen LogP) is 3.77. The fourth-order valence-corrected chi connectivity index (χ4v) is 6.36. The van der Waals surface area contributed by atoms with Gasteiger partial charge in [0.2, 0.25) is 15.9 Å². The molecule has 1 amide bonds. The molecule has 0 aromatic heterocycles. The van der Waals surface area contributed by atoms with Crippen molar-refractivity contribution in [1.82, 2.24) is 4.31 Å². The number of carbonyl (C=O) groups excluding carboxylic acids is 1. The monoisotopic (exact) mass is 442 g/mol. The summed E-state index contributed by atoms with van der Waals surface area (Å²) >= 11 is 0. The van der Waals surface area contributed by atoms with E-state index in [1.165, 1.54) is 4.31 Å². The van der Waals surface area contributed by atoms with Crippen LogP contribution in [0.4, 0.5) is 5.69 Å². The van der Waals surface area contributed by atoms with E-state index < -0.39 is 15.4 Å². The summed E-state index contributed by atoms with van der Waals surface area (Å²) in [5, 5.41) is 3.04. The number of hydrogen-bond donors (Lipinski definition) is 1. The van der Waals surface area contributed by atoms with Gasteiger partial charge < -0.3 is 10.1 Å². The highest BCUT2D eigenvalue weighted by Crippen LogP contribution is 2.42. The summed E-state index contributed by atoms with van der Waals surface area (Å²) in [5.74, 6) is -0.0610. The van der Waals surface area contributed by atoms with E-state index in [0.717, 1.165) is 36.8 Å². The van der Waals surface area contributed by atoms with Crippen molar-refractivity contribution in [2.45, 2.75) is 49.8 Å². The van der Waals surface area contributed by atoms with Gasteiger partial charge in [0.15, 0.2) is 0 Å². The maximum Gasteiger partial charge on any atom is 0.243 e. The van der Waals surface area contributed by atoms with E-state index in [-0.39, 0.29) is 10.8 Å². The fourth-order valence-electron chi connectivity index (χ4n) is 4.70. The van der Waals surface area contributed by atoms with Crippen LogP contribution in [0.3, 0.4) is 0 Å². The lowest BCUT2D eigenvalue weighted by Crippen LogP contribution is -2.41. The van der Waals surface area contributed by atoms with Crippen LogP contribution in [-0.4, -0.2) is 44.9 Å². The van der Waals surface area contributed by atoms with E-state index in [9.17, 15) is 13.2 Å². The molecular weight excluding hydrogens is 412 g/mol. The summed E-state index contributed by atoms with van der Waals surface area (Å²) in [6, 6.07) is 13.3. The molecule has 2 aromatic carbocycles. The zero-order chi connectivity index (χ0) is 22.1. The summed E-state index contributed by atoms with van der Waals surface area (Å²) < 4.78 is 33.1. The quantitative estimate of drug-likeness (QED) is 0.765. The molecule has 1 saturated heterocycles. The van der Waals surface area contributed by atoms with Crippen molar-refractivity contribution in [2.24, 2.45) is 0 Å². The molecule has 0 bridgehead atoms. The van der Waals surface area contributed by atoms with Gasteiger partial charge in [0.05, 0.1) is 23.5 Å². The Morgan fingerprint density at radius 3 is 2.42 bits per heavy atom. The Kier molecular flexibility index (Phi) is 6.19. The Hall–Kier alpha value is -2.22. The number of aryl methyl sites for hydroxylation is 2. The minimum absolute atomic E-state index is 0.0610. The molecule has 1 aliphatic heterocycles.